The van der Waals surface area contributed by atoms with Gasteiger partial charge < -0.3 is 0 Å². The van der Waals surface area contributed by atoms with Crippen molar-refractivity contribution in [1.82, 2.24) is 24.7 Å². The first kappa shape index (κ1) is 21.8. The molecule has 1 aliphatic heterocycles. The Kier molecular flexibility index (Phi) is 5.44. The van der Waals surface area contributed by atoms with E-state index in [-0.39, 0.29) is 5.56 Å². The standard InChI is InChI=1S/C24H32FN5O2S/c1-15-19-9-20(23(31)27-28(2)33-32-29-4-3-5-29)21(25)10-22(19)30(26-15)14-24-11-16-6-17(12-24)8-18(7-16)13-24/h9-10,16-18H,3-8,11-14H2,1-2H3,(H,27,31). The van der Waals surface area contributed by atoms with Crippen molar-refractivity contribution in [1.29, 1.82) is 0 Å². The molecule has 1 aromatic heterocycles. The summed E-state index contributed by atoms with van der Waals surface area (Å²) < 4.78 is 24.1. The SMILES string of the molecule is Cc1nn(CC23CC4CC(CC(C4)C2)C3)c2cc(F)c(C(=O)NN(C)SON3CCC3)cc12. The molecule has 1 N–H and O–H groups in total. The molecule has 178 valence electrons. The highest BCUT2D eigenvalue weighted by Gasteiger charge is 2.51. The Morgan fingerprint density at radius 2 is 1.91 bits per heavy atom. The number of hydrogen-bond donors (Lipinski definition) is 1. The molecule has 0 radical (unpaired) electrons. The van der Waals surface area contributed by atoms with E-state index in [1.165, 1.54) is 49.0 Å². The van der Waals surface area contributed by atoms with E-state index in [1.807, 2.05) is 16.7 Å². The number of halogens is 1. The molecule has 9 heteroatoms. The van der Waals surface area contributed by atoms with E-state index in [4.69, 9.17) is 9.38 Å². The summed E-state index contributed by atoms with van der Waals surface area (Å²) in [5.74, 6) is 1.59. The second-order valence-corrected chi connectivity index (χ2v) is 11.7. The van der Waals surface area contributed by atoms with Gasteiger partial charge in [0.25, 0.3) is 5.91 Å². The smallest absolute Gasteiger partial charge is 0.269 e. The first-order chi connectivity index (χ1) is 15.9. The number of nitrogens with zero attached hydrogens (tertiary/aromatic N) is 4. The number of nitrogens with one attached hydrogen (secondary N) is 1. The van der Waals surface area contributed by atoms with Crippen LogP contribution in [-0.4, -0.2) is 45.3 Å². The topological polar surface area (TPSA) is 62.6 Å². The minimum absolute atomic E-state index is 0.0244. The highest BCUT2D eigenvalue weighted by atomic mass is 32.2. The number of hydrazine groups is 1. The van der Waals surface area contributed by atoms with Crippen molar-refractivity contribution >= 4 is 29.0 Å². The summed E-state index contributed by atoms with van der Waals surface area (Å²) in [5, 5.41) is 7.46. The maximum Gasteiger partial charge on any atom is 0.269 e. The van der Waals surface area contributed by atoms with Crippen LogP contribution < -0.4 is 5.43 Å². The van der Waals surface area contributed by atoms with Crippen LogP contribution in [0.15, 0.2) is 12.1 Å². The fourth-order valence-corrected chi connectivity index (χ4v) is 7.60. The highest BCUT2D eigenvalue weighted by molar-refractivity contribution is 7.92. The lowest BCUT2D eigenvalue weighted by atomic mass is 9.49. The van der Waals surface area contributed by atoms with Gasteiger partial charge in [-0.3, -0.25) is 14.9 Å². The van der Waals surface area contributed by atoms with Gasteiger partial charge in [-0.2, -0.15) is 10.2 Å². The second-order valence-electron chi connectivity index (χ2n) is 10.9. The van der Waals surface area contributed by atoms with Crippen molar-refractivity contribution in [3.63, 3.8) is 0 Å². The van der Waals surface area contributed by atoms with Gasteiger partial charge in [0.1, 0.15) is 18.0 Å². The van der Waals surface area contributed by atoms with Crippen LogP contribution in [0.4, 0.5) is 4.39 Å². The van der Waals surface area contributed by atoms with Gasteiger partial charge in [0.05, 0.1) is 16.8 Å². The molecular formula is C24H32FN5O2S. The Labute approximate surface area is 198 Å². The molecule has 7 rings (SSSR count). The van der Waals surface area contributed by atoms with Crippen LogP contribution in [0.2, 0.25) is 0 Å². The number of hydrogen-bond acceptors (Lipinski definition) is 6. The fraction of sp³-hybridized carbons (Fsp3) is 0.667. The monoisotopic (exact) mass is 473 g/mol. The molecule has 4 aliphatic carbocycles. The van der Waals surface area contributed by atoms with Gasteiger partial charge in [0.15, 0.2) is 0 Å². The zero-order valence-electron chi connectivity index (χ0n) is 19.3. The number of rotatable bonds is 7. The molecular weight excluding hydrogens is 441 g/mol. The second kappa shape index (κ2) is 8.22. The third-order valence-electron chi connectivity index (χ3n) is 8.24. The Morgan fingerprint density at radius 3 is 2.52 bits per heavy atom. The molecule has 2 aromatic rings. The van der Waals surface area contributed by atoms with Crippen molar-refractivity contribution in [3.05, 3.63) is 29.2 Å². The van der Waals surface area contributed by atoms with Crippen LogP contribution in [0, 0.1) is 35.9 Å². The zero-order valence-corrected chi connectivity index (χ0v) is 20.2. The number of benzene rings is 1. The van der Waals surface area contributed by atoms with Crippen LogP contribution in [0.5, 0.6) is 0 Å². The quantitative estimate of drug-likeness (QED) is 0.364. The van der Waals surface area contributed by atoms with Crippen molar-refractivity contribution in [3.8, 4) is 0 Å². The van der Waals surface area contributed by atoms with Crippen LogP contribution in [-0.2, 0) is 10.8 Å². The van der Waals surface area contributed by atoms with Crippen molar-refractivity contribution < 1.29 is 13.5 Å². The van der Waals surface area contributed by atoms with Crippen LogP contribution in [0.25, 0.3) is 10.9 Å². The lowest BCUT2D eigenvalue weighted by Crippen LogP contribution is -2.48. The molecule has 2 heterocycles. The summed E-state index contributed by atoms with van der Waals surface area (Å²) >= 11 is 1.02. The molecule has 0 spiro atoms. The third kappa shape index (κ3) is 4.07. The van der Waals surface area contributed by atoms with Gasteiger partial charge >= 0.3 is 0 Å². The lowest BCUT2D eigenvalue weighted by Gasteiger charge is -2.56. The van der Waals surface area contributed by atoms with E-state index < -0.39 is 11.7 Å². The normalized spacial score (nSPS) is 30.8. The number of hydroxylamine groups is 2. The van der Waals surface area contributed by atoms with E-state index in [2.05, 4.69) is 5.43 Å². The number of carbonyl (C=O) groups excluding carboxylic acids is 1. The van der Waals surface area contributed by atoms with E-state index >= 15 is 4.39 Å². The lowest BCUT2D eigenvalue weighted by molar-refractivity contribution is -0.0931. The summed E-state index contributed by atoms with van der Waals surface area (Å²) in [7, 11) is 1.67. The van der Waals surface area contributed by atoms with Crippen molar-refractivity contribution in [2.75, 3.05) is 20.1 Å². The highest BCUT2D eigenvalue weighted by Crippen LogP contribution is 2.60. The maximum atomic E-state index is 15.1. The minimum atomic E-state index is -0.520. The Balaban J connectivity index is 1.21. The first-order valence-corrected chi connectivity index (χ1v) is 12.9. The molecule has 1 saturated heterocycles. The molecule has 33 heavy (non-hydrogen) atoms. The number of amides is 1. The molecule has 5 aliphatic rings. The Bertz CT molecular complexity index is 1050. The van der Waals surface area contributed by atoms with Gasteiger partial charge in [0.2, 0.25) is 0 Å². The van der Waals surface area contributed by atoms with E-state index in [9.17, 15) is 4.79 Å². The van der Waals surface area contributed by atoms with Gasteiger partial charge in [-0.15, -0.1) is 4.41 Å². The van der Waals surface area contributed by atoms with Crippen LogP contribution >= 0.6 is 12.2 Å². The Hall–Kier alpha value is -1.68. The summed E-state index contributed by atoms with van der Waals surface area (Å²) in [6.07, 6.45) is 9.17. The fourth-order valence-electron chi connectivity index (χ4n) is 7.13. The molecule has 4 saturated carbocycles. The summed E-state index contributed by atoms with van der Waals surface area (Å²) in [4.78, 5) is 12.8. The third-order valence-corrected chi connectivity index (χ3v) is 8.84. The number of aromatic nitrogens is 2. The molecule has 4 bridgehead atoms. The minimum Gasteiger partial charge on any atom is -0.273 e. The van der Waals surface area contributed by atoms with Crippen molar-refractivity contribution in [2.24, 2.45) is 23.2 Å². The largest absolute Gasteiger partial charge is 0.273 e. The summed E-state index contributed by atoms with van der Waals surface area (Å²) in [6, 6.07) is 3.14. The molecule has 1 aromatic carbocycles. The maximum absolute atomic E-state index is 15.1. The van der Waals surface area contributed by atoms with Gasteiger partial charge in [-0.1, -0.05) is 0 Å². The number of carbonyl (C=O) groups is 1. The Morgan fingerprint density at radius 1 is 1.24 bits per heavy atom. The van der Waals surface area contributed by atoms with E-state index in [1.54, 1.807) is 13.1 Å². The molecule has 5 fully saturated rings. The average Bonchev–Trinajstić information content (AvgIpc) is 2.98. The van der Waals surface area contributed by atoms with Crippen LogP contribution in [0.3, 0.4) is 0 Å². The molecule has 7 nitrogen and oxygen atoms in total. The predicted molar refractivity (Wildman–Crippen MR) is 125 cm³/mol. The number of aryl methyl sites for hydroxylation is 1. The van der Waals surface area contributed by atoms with Gasteiger partial charge in [-0.25, -0.2) is 8.67 Å². The average molecular weight is 474 g/mol. The summed E-state index contributed by atoms with van der Waals surface area (Å²) in [5.41, 5.74) is 4.64. The molecule has 0 unspecified atom stereocenters. The first-order valence-electron chi connectivity index (χ1n) is 12.2. The molecule has 1 amide bonds. The van der Waals surface area contributed by atoms with E-state index in [0.29, 0.717) is 5.41 Å². The van der Waals surface area contributed by atoms with Gasteiger partial charge in [0, 0.05) is 38.1 Å². The summed E-state index contributed by atoms with van der Waals surface area (Å²) in [6.45, 7) is 4.57. The van der Waals surface area contributed by atoms with Crippen molar-refractivity contribution in [2.45, 2.75) is 58.4 Å². The zero-order chi connectivity index (χ0) is 22.7. The number of fused-ring (bicyclic) bond motifs is 1. The predicted octanol–water partition coefficient (Wildman–Crippen LogP) is 4.48. The molecule has 0 atom stereocenters. The van der Waals surface area contributed by atoms with Crippen LogP contribution in [0.1, 0.15) is 61.0 Å². The van der Waals surface area contributed by atoms with E-state index in [0.717, 1.165) is 72.6 Å². The van der Waals surface area contributed by atoms with Gasteiger partial charge in [-0.05, 0) is 81.1 Å².